The van der Waals surface area contributed by atoms with Crippen molar-refractivity contribution in [2.24, 2.45) is 0 Å². The van der Waals surface area contributed by atoms with E-state index in [4.69, 9.17) is 0 Å². The molecule has 0 saturated carbocycles. The lowest BCUT2D eigenvalue weighted by Crippen LogP contribution is -2.40. The average Bonchev–Trinajstić information content (AvgIpc) is 3.11. The fourth-order valence-electron chi connectivity index (χ4n) is 3.21. The lowest BCUT2D eigenvalue weighted by atomic mass is 10.0. The van der Waals surface area contributed by atoms with Gasteiger partial charge in [0.05, 0.1) is 19.0 Å². The Labute approximate surface area is 142 Å². The van der Waals surface area contributed by atoms with E-state index in [1.54, 1.807) is 0 Å². The molecule has 2 aromatic carbocycles. The van der Waals surface area contributed by atoms with Gasteiger partial charge in [-0.1, -0.05) is 60.7 Å². The molecule has 1 N–H and O–H groups in total. The fourth-order valence-corrected chi connectivity index (χ4v) is 3.21. The Balaban J connectivity index is 1.54. The number of amides is 2. The molecule has 1 saturated heterocycles. The Hall–Kier alpha value is -2.62. The third-order valence-corrected chi connectivity index (χ3v) is 4.40. The number of carbonyl (C=O) groups is 2. The van der Waals surface area contributed by atoms with E-state index in [2.05, 4.69) is 17.4 Å². The van der Waals surface area contributed by atoms with Crippen LogP contribution in [0.25, 0.3) is 0 Å². The van der Waals surface area contributed by atoms with E-state index in [1.807, 2.05) is 53.4 Å². The second kappa shape index (κ2) is 7.77. The van der Waals surface area contributed by atoms with Crippen molar-refractivity contribution in [2.45, 2.75) is 25.3 Å². The van der Waals surface area contributed by atoms with E-state index < -0.39 is 0 Å². The largest absolute Gasteiger partial charge is 0.347 e. The van der Waals surface area contributed by atoms with Crippen LogP contribution in [0.3, 0.4) is 0 Å². The summed E-state index contributed by atoms with van der Waals surface area (Å²) in [4.78, 5) is 26.4. The van der Waals surface area contributed by atoms with Gasteiger partial charge in [-0.25, -0.2) is 0 Å². The molecule has 0 aromatic heterocycles. The third-order valence-electron chi connectivity index (χ3n) is 4.40. The fraction of sp³-hybridized carbons (Fsp3) is 0.300. The Morgan fingerprint density at radius 1 is 1.00 bits per heavy atom. The van der Waals surface area contributed by atoms with Gasteiger partial charge in [0.2, 0.25) is 11.8 Å². The number of benzene rings is 2. The predicted octanol–water partition coefficient (Wildman–Crippen LogP) is 2.71. The first-order valence-corrected chi connectivity index (χ1v) is 8.39. The molecule has 1 aliphatic rings. The van der Waals surface area contributed by atoms with E-state index in [0.29, 0.717) is 6.42 Å². The van der Waals surface area contributed by atoms with Crippen molar-refractivity contribution in [3.63, 3.8) is 0 Å². The molecule has 24 heavy (non-hydrogen) atoms. The molecule has 1 fully saturated rings. The molecule has 0 aliphatic carbocycles. The molecule has 3 rings (SSSR count). The van der Waals surface area contributed by atoms with E-state index in [9.17, 15) is 9.59 Å². The van der Waals surface area contributed by atoms with E-state index in [1.165, 1.54) is 5.56 Å². The van der Waals surface area contributed by atoms with Crippen molar-refractivity contribution in [2.75, 3.05) is 13.1 Å². The van der Waals surface area contributed by atoms with Gasteiger partial charge in [-0.3, -0.25) is 9.59 Å². The summed E-state index contributed by atoms with van der Waals surface area (Å²) in [5.41, 5.74) is 2.12. The van der Waals surface area contributed by atoms with Crippen LogP contribution in [0.4, 0.5) is 0 Å². The standard InChI is InChI=1S/C20H22N2O2/c23-19(14-16-8-3-1-4-9-16)21-15-20(24)22-13-7-12-18(22)17-10-5-2-6-11-17/h1-6,8-11,18H,7,12-15H2,(H,21,23)/t18-/m1/s1. The molecule has 0 spiro atoms. The van der Waals surface area contributed by atoms with Crippen molar-refractivity contribution in [1.82, 2.24) is 10.2 Å². The molecule has 0 unspecified atom stereocenters. The molecule has 2 aromatic rings. The molecular weight excluding hydrogens is 300 g/mol. The summed E-state index contributed by atoms with van der Waals surface area (Å²) < 4.78 is 0. The molecule has 4 heteroatoms. The third kappa shape index (κ3) is 4.02. The highest BCUT2D eigenvalue weighted by molar-refractivity contribution is 5.86. The van der Waals surface area contributed by atoms with E-state index >= 15 is 0 Å². The van der Waals surface area contributed by atoms with Gasteiger partial charge in [0.25, 0.3) is 0 Å². The van der Waals surface area contributed by atoms with Gasteiger partial charge in [-0.2, -0.15) is 0 Å². The number of rotatable bonds is 5. The summed E-state index contributed by atoms with van der Waals surface area (Å²) >= 11 is 0. The minimum Gasteiger partial charge on any atom is -0.347 e. The van der Waals surface area contributed by atoms with Crippen LogP contribution in [0.5, 0.6) is 0 Å². The molecule has 124 valence electrons. The van der Waals surface area contributed by atoms with Gasteiger partial charge in [0, 0.05) is 6.54 Å². The van der Waals surface area contributed by atoms with Gasteiger partial charge >= 0.3 is 0 Å². The van der Waals surface area contributed by atoms with Gasteiger partial charge in [0.1, 0.15) is 0 Å². The maximum atomic E-state index is 12.5. The first kappa shape index (κ1) is 16.2. The van der Waals surface area contributed by atoms with Crippen LogP contribution >= 0.6 is 0 Å². The highest BCUT2D eigenvalue weighted by Gasteiger charge is 2.29. The maximum absolute atomic E-state index is 12.5. The highest BCUT2D eigenvalue weighted by Crippen LogP contribution is 2.31. The summed E-state index contributed by atoms with van der Waals surface area (Å²) in [6.07, 6.45) is 2.28. The van der Waals surface area contributed by atoms with E-state index in [0.717, 1.165) is 24.9 Å². The maximum Gasteiger partial charge on any atom is 0.242 e. The quantitative estimate of drug-likeness (QED) is 0.920. The minimum atomic E-state index is -0.120. The monoisotopic (exact) mass is 322 g/mol. The summed E-state index contributed by atoms with van der Waals surface area (Å²) in [6, 6.07) is 19.8. The molecule has 1 atom stereocenters. The lowest BCUT2D eigenvalue weighted by Gasteiger charge is -2.25. The SMILES string of the molecule is O=C(Cc1ccccc1)NCC(=O)N1CCC[C@@H]1c1ccccc1. The van der Waals surface area contributed by atoms with Gasteiger partial charge in [0.15, 0.2) is 0 Å². The van der Waals surface area contributed by atoms with Crippen LogP contribution in [-0.4, -0.2) is 29.8 Å². The van der Waals surface area contributed by atoms with Crippen LogP contribution in [0.1, 0.15) is 30.0 Å². The summed E-state index contributed by atoms with van der Waals surface area (Å²) in [5, 5.41) is 2.75. The molecule has 4 nitrogen and oxygen atoms in total. The van der Waals surface area contributed by atoms with Crippen LogP contribution in [0.15, 0.2) is 60.7 Å². The highest BCUT2D eigenvalue weighted by atomic mass is 16.2. The Kier molecular flexibility index (Phi) is 5.26. The Morgan fingerprint density at radius 3 is 2.38 bits per heavy atom. The van der Waals surface area contributed by atoms with Gasteiger partial charge in [-0.05, 0) is 24.0 Å². The molecule has 0 radical (unpaired) electrons. The molecule has 0 bridgehead atoms. The zero-order valence-electron chi connectivity index (χ0n) is 13.7. The number of hydrogen-bond donors (Lipinski definition) is 1. The Bertz CT molecular complexity index is 685. The van der Waals surface area contributed by atoms with Crippen molar-refractivity contribution >= 4 is 11.8 Å². The number of nitrogens with zero attached hydrogens (tertiary/aromatic N) is 1. The number of nitrogens with one attached hydrogen (secondary N) is 1. The number of likely N-dealkylation sites (tertiary alicyclic amines) is 1. The van der Waals surface area contributed by atoms with Crippen LogP contribution in [-0.2, 0) is 16.0 Å². The first-order valence-electron chi connectivity index (χ1n) is 8.39. The van der Waals surface area contributed by atoms with Crippen molar-refractivity contribution in [3.8, 4) is 0 Å². The minimum absolute atomic E-state index is 0.0113. The van der Waals surface area contributed by atoms with Crippen molar-refractivity contribution < 1.29 is 9.59 Å². The molecule has 1 heterocycles. The van der Waals surface area contributed by atoms with E-state index in [-0.39, 0.29) is 24.4 Å². The van der Waals surface area contributed by atoms with Gasteiger partial charge < -0.3 is 10.2 Å². The molecular formula is C20H22N2O2. The topological polar surface area (TPSA) is 49.4 Å². The van der Waals surface area contributed by atoms with Gasteiger partial charge in [-0.15, -0.1) is 0 Å². The second-order valence-corrected chi connectivity index (χ2v) is 6.09. The lowest BCUT2D eigenvalue weighted by molar-refractivity contribution is -0.133. The number of carbonyl (C=O) groups excluding carboxylic acids is 2. The smallest absolute Gasteiger partial charge is 0.242 e. The molecule has 2 amide bonds. The summed E-state index contributed by atoms with van der Waals surface area (Å²) in [5.74, 6) is -0.132. The second-order valence-electron chi connectivity index (χ2n) is 6.09. The Morgan fingerprint density at radius 2 is 1.67 bits per heavy atom. The average molecular weight is 322 g/mol. The van der Waals surface area contributed by atoms with Crippen molar-refractivity contribution in [3.05, 3.63) is 71.8 Å². The van der Waals surface area contributed by atoms with Crippen LogP contribution in [0, 0.1) is 0 Å². The zero-order valence-corrected chi connectivity index (χ0v) is 13.7. The number of hydrogen-bond acceptors (Lipinski definition) is 2. The van der Waals surface area contributed by atoms with Crippen LogP contribution in [0.2, 0.25) is 0 Å². The van der Waals surface area contributed by atoms with Crippen molar-refractivity contribution in [1.29, 1.82) is 0 Å². The summed E-state index contributed by atoms with van der Waals surface area (Å²) in [6.45, 7) is 0.821. The summed E-state index contributed by atoms with van der Waals surface area (Å²) in [7, 11) is 0. The molecule has 1 aliphatic heterocycles. The normalized spacial score (nSPS) is 16.8. The predicted molar refractivity (Wildman–Crippen MR) is 93.3 cm³/mol. The first-order chi connectivity index (χ1) is 11.7. The zero-order chi connectivity index (χ0) is 16.8. The van der Waals surface area contributed by atoms with Crippen LogP contribution < -0.4 is 5.32 Å².